The van der Waals surface area contributed by atoms with Crippen molar-refractivity contribution < 1.29 is 4.92 Å². The van der Waals surface area contributed by atoms with Crippen LogP contribution in [0, 0.1) is 10.1 Å². The second kappa shape index (κ2) is 6.71. The molecule has 1 heterocycles. The number of nitrogens with zero attached hydrogens (tertiary/aromatic N) is 3. The van der Waals surface area contributed by atoms with Gasteiger partial charge in [-0.1, -0.05) is 40.9 Å². The molecule has 0 fully saturated rings. The predicted molar refractivity (Wildman–Crippen MR) is 83.6 cm³/mol. The Labute approximate surface area is 134 Å². The van der Waals surface area contributed by atoms with E-state index in [9.17, 15) is 10.1 Å². The lowest BCUT2D eigenvalue weighted by atomic mass is 10.2. The number of hydrogen-bond acceptors (Lipinski definition) is 5. The monoisotopic (exact) mass is 344 g/mol. The Kier molecular flexibility index (Phi) is 4.95. The smallest absolute Gasteiger partial charge is 0.260 e. The van der Waals surface area contributed by atoms with Crippen molar-refractivity contribution in [3.05, 3.63) is 61.2 Å². The highest BCUT2D eigenvalue weighted by molar-refractivity contribution is 6.36. The van der Waals surface area contributed by atoms with Crippen LogP contribution in [-0.4, -0.2) is 16.1 Å². The summed E-state index contributed by atoms with van der Waals surface area (Å²) < 4.78 is 0. The molecule has 1 aromatic carbocycles. The quantitative estimate of drug-likeness (QED) is 0.506. The number of rotatable bonds is 4. The van der Waals surface area contributed by atoms with Gasteiger partial charge in [0.2, 0.25) is 0 Å². The first-order chi connectivity index (χ1) is 9.97. The van der Waals surface area contributed by atoms with Gasteiger partial charge in [-0.3, -0.25) is 15.5 Å². The van der Waals surface area contributed by atoms with E-state index in [1.807, 2.05) is 0 Å². The van der Waals surface area contributed by atoms with E-state index in [2.05, 4.69) is 15.5 Å². The zero-order chi connectivity index (χ0) is 15.4. The molecule has 2 aromatic rings. The first-order valence-electron chi connectivity index (χ1n) is 5.51. The van der Waals surface area contributed by atoms with Crippen LogP contribution in [-0.2, 0) is 0 Å². The standard InChI is InChI=1S/C12H7Cl3N4O2/c13-8-4-10(15)12(16-6-8)18-17-5-7-1-2-9(14)11(3-7)19(20)21/h1-6H,(H,16,18)/b17-5+. The van der Waals surface area contributed by atoms with Gasteiger partial charge in [0.15, 0.2) is 5.82 Å². The average Bonchev–Trinajstić information content (AvgIpc) is 2.42. The molecule has 0 spiro atoms. The van der Waals surface area contributed by atoms with E-state index in [-0.39, 0.29) is 10.7 Å². The first kappa shape index (κ1) is 15.5. The van der Waals surface area contributed by atoms with Crippen LogP contribution in [0.15, 0.2) is 35.6 Å². The van der Waals surface area contributed by atoms with Gasteiger partial charge >= 0.3 is 0 Å². The van der Waals surface area contributed by atoms with E-state index < -0.39 is 4.92 Å². The van der Waals surface area contributed by atoms with Crippen molar-refractivity contribution in [3.63, 3.8) is 0 Å². The Hall–Kier alpha value is -1.89. The number of hydrogen-bond donors (Lipinski definition) is 1. The van der Waals surface area contributed by atoms with Gasteiger partial charge < -0.3 is 0 Å². The van der Waals surface area contributed by atoms with Crippen LogP contribution in [0.4, 0.5) is 11.5 Å². The number of aromatic nitrogens is 1. The minimum Gasteiger partial charge on any atom is -0.260 e. The second-order valence-electron chi connectivity index (χ2n) is 3.82. The predicted octanol–water partition coefficient (Wildman–Crippen LogP) is 4.40. The van der Waals surface area contributed by atoms with E-state index >= 15 is 0 Å². The third-order valence-electron chi connectivity index (χ3n) is 2.36. The third-order valence-corrected chi connectivity index (χ3v) is 3.17. The summed E-state index contributed by atoms with van der Waals surface area (Å²) in [4.78, 5) is 14.2. The maximum atomic E-state index is 10.8. The van der Waals surface area contributed by atoms with E-state index in [1.165, 1.54) is 30.6 Å². The van der Waals surface area contributed by atoms with Crippen molar-refractivity contribution in [2.24, 2.45) is 5.10 Å². The van der Waals surface area contributed by atoms with Crippen LogP contribution in [0.5, 0.6) is 0 Å². The molecule has 1 N–H and O–H groups in total. The highest BCUT2D eigenvalue weighted by atomic mass is 35.5. The van der Waals surface area contributed by atoms with Crippen LogP contribution in [0.3, 0.4) is 0 Å². The Balaban J connectivity index is 2.14. The summed E-state index contributed by atoms with van der Waals surface area (Å²) in [5.41, 5.74) is 2.93. The van der Waals surface area contributed by atoms with Crippen molar-refractivity contribution in [1.82, 2.24) is 4.98 Å². The van der Waals surface area contributed by atoms with Crippen LogP contribution >= 0.6 is 34.8 Å². The molecule has 9 heteroatoms. The fourth-order valence-corrected chi connectivity index (χ4v) is 2.02. The normalized spacial score (nSPS) is 10.8. The Bertz CT molecular complexity index is 722. The zero-order valence-electron chi connectivity index (χ0n) is 10.3. The molecule has 0 aliphatic heterocycles. The van der Waals surface area contributed by atoms with Crippen molar-refractivity contribution in [3.8, 4) is 0 Å². The molecular formula is C12H7Cl3N4O2. The van der Waals surface area contributed by atoms with Crippen LogP contribution in [0.25, 0.3) is 0 Å². The number of halogens is 3. The maximum absolute atomic E-state index is 10.8. The Morgan fingerprint density at radius 1 is 1.24 bits per heavy atom. The van der Waals surface area contributed by atoms with E-state index in [4.69, 9.17) is 34.8 Å². The number of hydrazone groups is 1. The number of nitro benzene ring substituents is 1. The molecule has 108 valence electrons. The molecular weight excluding hydrogens is 339 g/mol. The molecule has 0 bridgehead atoms. The fourth-order valence-electron chi connectivity index (χ4n) is 1.41. The molecule has 6 nitrogen and oxygen atoms in total. The van der Waals surface area contributed by atoms with Gasteiger partial charge in [0, 0.05) is 17.8 Å². The molecule has 0 aliphatic carbocycles. The summed E-state index contributed by atoms with van der Waals surface area (Å²) >= 11 is 17.3. The first-order valence-corrected chi connectivity index (χ1v) is 6.65. The topological polar surface area (TPSA) is 80.4 Å². The number of nitro groups is 1. The molecule has 0 saturated heterocycles. The lowest BCUT2D eigenvalue weighted by molar-refractivity contribution is -0.384. The molecule has 0 saturated carbocycles. The maximum Gasteiger partial charge on any atom is 0.288 e. The van der Waals surface area contributed by atoms with Gasteiger partial charge in [-0.25, -0.2) is 4.98 Å². The summed E-state index contributed by atoms with van der Waals surface area (Å²) in [6.45, 7) is 0. The van der Waals surface area contributed by atoms with Crippen LogP contribution in [0.2, 0.25) is 15.1 Å². The van der Waals surface area contributed by atoms with E-state index in [0.29, 0.717) is 21.4 Å². The van der Waals surface area contributed by atoms with Gasteiger partial charge in [-0.2, -0.15) is 5.10 Å². The molecule has 0 unspecified atom stereocenters. The Morgan fingerprint density at radius 2 is 2.00 bits per heavy atom. The second-order valence-corrected chi connectivity index (χ2v) is 5.07. The molecule has 0 radical (unpaired) electrons. The lowest BCUT2D eigenvalue weighted by Crippen LogP contribution is -1.95. The number of anilines is 1. The summed E-state index contributed by atoms with van der Waals surface area (Å²) in [6, 6.07) is 5.84. The number of pyridine rings is 1. The van der Waals surface area contributed by atoms with Crippen LogP contribution < -0.4 is 5.43 Å². The van der Waals surface area contributed by atoms with Crippen LogP contribution in [0.1, 0.15) is 5.56 Å². The highest BCUT2D eigenvalue weighted by Gasteiger charge is 2.11. The van der Waals surface area contributed by atoms with Crippen molar-refractivity contribution in [2.75, 3.05) is 5.43 Å². The SMILES string of the molecule is O=[N+]([O-])c1cc(/C=N/Nc2ncc(Cl)cc2Cl)ccc1Cl. The minimum atomic E-state index is -0.565. The van der Waals surface area contributed by atoms with Gasteiger partial charge in [-0.15, -0.1) is 0 Å². The van der Waals surface area contributed by atoms with Gasteiger partial charge in [0.05, 0.1) is 21.2 Å². The van der Waals surface area contributed by atoms with Gasteiger partial charge in [0.25, 0.3) is 5.69 Å². The van der Waals surface area contributed by atoms with Crippen molar-refractivity contribution in [1.29, 1.82) is 0 Å². The number of benzene rings is 1. The molecule has 0 aliphatic rings. The molecule has 0 amide bonds. The third kappa shape index (κ3) is 4.04. The fraction of sp³-hybridized carbons (Fsp3) is 0. The number of nitrogens with one attached hydrogen (secondary N) is 1. The highest BCUT2D eigenvalue weighted by Crippen LogP contribution is 2.25. The van der Waals surface area contributed by atoms with Gasteiger partial charge in [0.1, 0.15) is 5.02 Å². The van der Waals surface area contributed by atoms with E-state index in [0.717, 1.165) is 0 Å². The summed E-state index contributed by atoms with van der Waals surface area (Å²) in [5, 5.41) is 15.4. The molecule has 0 atom stereocenters. The van der Waals surface area contributed by atoms with E-state index in [1.54, 1.807) is 6.07 Å². The lowest BCUT2D eigenvalue weighted by Gasteiger charge is -2.02. The van der Waals surface area contributed by atoms with Gasteiger partial charge in [-0.05, 0) is 12.1 Å². The Morgan fingerprint density at radius 3 is 2.67 bits per heavy atom. The summed E-state index contributed by atoms with van der Waals surface area (Å²) in [7, 11) is 0. The molecule has 2 rings (SSSR count). The largest absolute Gasteiger partial charge is 0.288 e. The van der Waals surface area contributed by atoms with Crippen molar-refractivity contribution in [2.45, 2.75) is 0 Å². The minimum absolute atomic E-state index is 0.0625. The summed E-state index contributed by atoms with van der Waals surface area (Å²) in [6.07, 6.45) is 2.80. The zero-order valence-corrected chi connectivity index (χ0v) is 12.5. The van der Waals surface area contributed by atoms with Crippen molar-refractivity contribution >= 4 is 52.5 Å². The molecule has 1 aromatic heterocycles. The molecule has 21 heavy (non-hydrogen) atoms. The average molecular weight is 346 g/mol. The summed E-state index contributed by atoms with van der Waals surface area (Å²) in [5.74, 6) is 0.320.